The van der Waals surface area contributed by atoms with Crippen molar-refractivity contribution in [3.63, 3.8) is 0 Å². The maximum atomic E-state index is 12.6. The third kappa shape index (κ3) is 6.14. The summed E-state index contributed by atoms with van der Waals surface area (Å²) in [6.07, 6.45) is 0.151. The summed E-state index contributed by atoms with van der Waals surface area (Å²) in [6, 6.07) is 17.9. The summed E-state index contributed by atoms with van der Waals surface area (Å²) in [6.45, 7) is 8.98. The number of ether oxygens (including phenoxy) is 1. The summed E-state index contributed by atoms with van der Waals surface area (Å²) < 4.78 is 5.63. The Morgan fingerprint density at radius 1 is 1.00 bits per heavy atom. The highest BCUT2D eigenvalue weighted by Crippen LogP contribution is 2.17. The van der Waals surface area contributed by atoms with E-state index in [2.05, 4.69) is 5.32 Å². The lowest BCUT2D eigenvalue weighted by Gasteiger charge is -2.27. The molecule has 25 heavy (non-hydrogen) atoms. The second-order valence-electron chi connectivity index (χ2n) is 6.65. The van der Waals surface area contributed by atoms with E-state index in [1.165, 1.54) is 0 Å². The fourth-order valence-electron chi connectivity index (χ4n) is 2.54. The first kappa shape index (κ1) is 18.8. The van der Waals surface area contributed by atoms with Gasteiger partial charge < -0.3 is 15.0 Å². The molecule has 2 aromatic carbocycles. The second-order valence-corrected chi connectivity index (χ2v) is 6.65. The standard InChI is InChI=1S/C21H28N2O2/c1-16(2)23(15-18-8-6-5-7-9-18)21(24)14-22-19-10-12-20(13-11-19)25-17(3)4/h5-13,16-17,22H,14-15H2,1-4H3. The van der Waals surface area contributed by atoms with Crippen LogP contribution in [0.25, 0.3) is 0 Å². The molecule has 1 amide bonds. The van der Waals surface area contributed by atoms with Crippen molar-refractivity contribution in [2.24, 2.45) is 0 Å². The molecule has 0 aliphatic carbocycles. The molecule has 0 heterocycles. The molecule has 0 aliphatic rings. The van der Waals surface area contributed by atoms with Crippen LogP contribution >= 0.6 is 0 Å². The number of benzene rings is 2. The molecule has 2 aromatic rings. The van der Waals surface area contributed by atoms with Gasteiger partial charge in [0.25, 0.3) is 0 Å². The number of anilines is 1. The molecule has 134 valence electrons. The zero-order chi connectivity index (χ0) is 18.2. The summed E-state index contributed by atoms with van der Waals surface area (Å²) in [5.41, 5.74) is 2.05. The van der Waals surface area contributed by atoms with Crippen molar-refractivity contribution in [2.75, 3.05) is 11.9 Å². The predicted octanol–water partition coefficient (Wildman–Crippen LogP) is 4.32. The molecular formula is C21H28N2O2. The summed E-state index contributed by atoms with van der Waals surface area (Å²) in [4.78, 5) is 14.5. The Balaban J connectivity index is 1.92. The average molecular weight is 340 g/mol. The maximum absolute atomic E-state index is 12.6. The zero-order valence-electron chi connectivity index (χ0n) is 15.5. The van der Waals surface area contributed by atoms with E-state index in [0.717, 1.165) is 17.0 Å². The molecule has 0 bridgehead atoms. The minimum atomic E-state index is 0.0846. The minimum Gasteiger partial charge on any atom is -0.491 e. The summed E-state index contributed by atoms with van der Waals surface area (Å²) in [5.74, 6) is 0.918. The molecule has 0 spiro atoms. The fourth-order valence-corrected chi connectivity index (χ4v) is 2.54. The molecule has 4 nitrogen and oxygen atoms in total. The van der Waals surface area contributed by atoms with Crippen molar-refractivity contribution < 1.29 is 9.53 Å². The van der Waals surface area contributed by atoms with E-state index in [-0.39, 0.29) is 24.6 Å². The van der Waals surface area contributed by atoms with Crippen LogP contribution < -0.4 is 10.1 Å². The molecule has 0 aliphatic heterocycles. The third-order valence-corrected chi connectivity index (χ3v) is 3.81. The number of nitrogens with zero attached hydrogens (tertiary/aromatic N) is 1. The molecule has 0 saturated carbocycles. The van der Waals surface area contributed by atoms with Crippen LogP contribution in [0.5, 0.6) is 5.75 Å². The smallest absolute Gasteiger partial charge is 0.242 e. The van der Waals surface area contributed by atoms with Crippen molar-refractivity contribution in [1.82, 2.24) is 4.90 Å². The lowest BCUT2D eigenvalue weighted by atomic mass is 10.2. The highest BCUT2D eigenvalue weighted by Gasteiger charge is 2.17. The molecule has 4 heteroatoms. The van der Waals surface area contributed by atoms with E-state index in [4.69, 9.17) is 4.74 Å². The Bertz CT molecular complexity index is 651. The van der Waals surface area contributed by atoms with Gasteiger partial charge in [-0.1, -0.05) is 30.3 Å². The first-order valence-corrected chi connectivity index (χ1v) is 8.79. The van der Waals surface area contributed by atoms with E-state index >= 15 is 0 Å². The number of hydrogen-bond acceptors (Lipinski definition) is 3. The molecule has 1 N–H and O–H groups in total. The number of carbonyl (C=O) groups excluding carboxylic acids is 1. The minimum absolute atomic E-state index is 0.0846. The van der Waals surface area contributed by atoms with Crippen molar-refractivity contribution in [3.05, 3.63) is 60.2 Å². The van der Waals surface area contributed by atoms with Crippen LogP contribution in [0.4, 0.5) is 5.69 Å². The summed E-state index contributed by atoms with van der Waals surface area (Å²) in [5, 5.41) is 3.20. The van der Waals surface area contributed by atoms with Gasteiger partial charge in [0, 0.05) is 18.3 Å². The van der Waals surface area contributed by atoms with Crippen molar-refractivity contribution in [3.8, 4) is 5.75 Å². The van der Waals surface area contributed by atoms with Crippen LogP contribution in [0, 0.1) is 0 Å². The Labute approximate surface area is 150 Å². The van der Waals surface area contributed by atoms with Crippen LogP contribution in [0.2, 0.25) is 0 Å². The lowest BCUT2D eigenvalue weighted by molar-refractivity contribution is -0.131. The van der Waals surface area contributed by atoms with Gasteiger partial charge >= 0.3 is 0 Å². The van der Waals surface area contributed by atoms with Gasteiger partial charge in [-0.15, -0.1) is 0 Å². The van der Waals surface area contributed by atoms with Crippen molar-refractivity contribution in [2.45, 2.75) is 46.4 Å². The zero-order valence-corrected chi connectivity index (χ0v) is 15.5. The third-order valence-electron chi connectivity index (χ3n) is 3.81. The van der Waals surface area contributed by atoms with Gasteiger partial charge in [-0.05, 0) is 57.5 Å². The second kappa shape index (κ2) is 9.11. The van der Waals surface area contributed by atoms with E-state index in [1.54, 1.807) is 0 Å². The molecule has 0 fully saturated rings. The molecule has 0 saturated heterocycles. The first-order valence-electron chi connectivity index (χ1n) is 8.79. The van der Waals surface area contributed by atoms with Gasteiger partial charge in [0.15, 0.2) is 0 Å². The summed E-state index contributed by atoms with van der Waals surface area (Å²) in [7, 11) is 0. The number of hydrogen-bond donors (Lipinski definition) is 1. The maximum Gasteiger partial charge on any atom is 0.242 e. The molecule has 0 aromatic heterocycles. The lowest BCUT2D eigenvalue weighted by Crippen LogP contribution is -2.39. The van der Waals surface area contributed by atoms with Crippen LogP contribution in [-0.4, -0.2) is 29.5 Å². The SMILES string of the molecule is CC(C)Oc1ccc(NCC(=O)N(Cc2ccccc2)C(C)C)cc1. The van der Waals surface area contributed by atoms with Gasteiger partial charge in [-0.2, -0.15) is 0 Å². The quantitative estimate of drug-likeness (QED) is 0.778. The Kier molecular flexibility index (Phi) is 6.87. The van der Waals surface area contributed by atoms with Crippen molar-refractivity contribution in [1.29, 1.82) is 0 Å². The summed E-state index contributed by atoms with van der Waals surface area (Å²) >= 11 is 0. The van der Waals surface area contributed by atoms with Gasteiger partial charge in [-0.3, -0.25) is 4.79 Å². The fraction of sp³-hybridized carbons (Fsp3) is 0.381. The van der Waals surface area contributed by atoms with Gasteiger partial charge in [0.2, 0.25) is 5.91 Å². The van der Waals surface area contributed by atoms with Crippen LogP contribution in [-0.2, 0) is 11.3 Å². The highest BCUT2D eigenvalue weighted by atomic mass is 16.5. The van der Waals surface area contributed by atoms with Crippen LogP contribution in [0.3, 0.4) is 0 Å². The van der Waals surface area contributed by atoms with Gasteiger partial charge in [0.05, 0.1) is 12.6 Å². The molecule has 2 rings (SSSR count). The average Bonchev–Trinajstić information content (AvgIpc) is 2.59. The Hall–Kier alpha value is -2.49. The highest BCUT2D eigenvalue weighted by molar-refractivity contribution is 5.81. The van der Waals surface area contributed by atoms with Crippen molar-refractivity contribution >= 4 is 11.6 Å². The van der Waals surface area contributed by atoms with Crippen LogP contribution in [0.1, 0.15) is 33.3 Å². The Morgan fingerprint density at radius 2 is 1.64 bits per heavy atom. The largest absolute Gasteiger partial charge is 0.491 e. The van der Waals surface area contributed by atoms with Crippen LogP contribution in [0.15, 0.2) is 54.6 Å². The molecule has 0 unspecified atom stereocenters. The number of nitrogens with one attached hydrogen (secondary N) is 1. The van der Waals surface area contributed by atoms with Gasteiger partial charge in [-0.25, -0.2) is 0 Å². The van der Waals surface area contributed by atoms with Gasteiger partial charge in [0.1, 0.15) is 5.75 Å². The number of carbonyl (C=O) groups is 1. The Morgan fingerprint density at radius 3 is 2.20 bits per heavy atom. The van der Waals surface area contributed by atoms with E-state index < -0.39 is 0 Å². The van der Waals surface area contributed by atoms with E-state index in [1.807, 2.05) is 87.2 Å². The number of rotatable bonds is 8. The molecule has 0 atom stereocenters. The van der Waals surface area contributed by atoms with E-state index in [9.17, 15) is 4.79 Å². The molecule has 0 radical (unpaired) electrons. The van der Waals surface area contributed by atoms with E-state index in [0.29, 0.717) is 6.54 Å². The number of amides is 1. The first-order chi connectivity index (χ1) is 12.0. The monoisotopic (exact) mass is 340 g/mol. The predicted molar refractivity (Wildman–Crippen MR) is 103 cm³/mol. The normalized spacial score (nSPS) is 10.8. The molecular weight excluding hydrogens is 312 g/mol. The topological polar surface area (TPSA) is 41.6 Å².